The van der Waals surface area contributed by atoms with Crippen molar-refractivity contribution in [3.05, 3.63) is 77.7 Å². The monoisotopic (exact) mass is 370 g/mol. The molecule has 0 aliphatic heterocycles. The van der Waals surface area contributed by atoms with E-state index in [2.05, 4.69) is 15.2 Å². The van der Waals surface area contributed by atoms with Crippen LogP contribution in [0.2, 0.25) is 0 Å². The summed E-state index contributed by atoms with van der Waals surface area (Å²) in [4.78, 5) is 15.8. The average Bonchev–Trinajstić information content (AvgIpc) is 2.69. The van der Waals surface area contributed by atoms with Crippen molar-refractivity contribution in [1.29, 1.82) is 0 Å². The molecule has 0 aliphatic rings. The molecule has 4 aromatic rings. The third-order valence-electron chi connectivity index (χ3n) is 4.63. The van der Waals surface area contributed by atoms with Crippen molar-refractivity contribution in [3.63, 3.8) is 0 Å². The maximum atomic E-state index is 11.5. The Bertz CT molecular complexity index is 1200. The minimum absolute atomic E-state index is 0.419. The van der Waals surface area contributed by atoms with Gasteiger partial charge in [0.2, 0.25) is 11.8 Å². The molecule has 0 fully saturated rings. The minimum atomic E-state index is -0.449. The zero-order valence-electron chi connectivity index (χ0n) is 15.5. The normalized spacial score (nSPS) is 10.8. The topological polar surface area (TPSA) is 91.0 Å². The first-order valence-corrected chi connectivity index (χ1v) is 8.78. The molecule has 2 heterocycles. The number of nitrogens with zero attached hydrogens (tertiary/aromatic N) is 3. The zero-order valence-corrected chi connectivity index (χ0v) is 15.5. The summed E-state index contributed by atoms with van der Waals surface area (Å²) in [5.41, 5.74) is 9.64. The summed E-state index contributed by atoms with van der Waals surface area (Å²) in [5.74, 6) is 0.608. The summed E-state index contributed by atoms with van der Waals surface area (Å²) in [7, 11) is 0. The smallest absolute Gasteiger partial charge is 0.248 e. The number of primary amides is 1. The number of carbonyl (C=O) groups excluding carboxylic acids is 1. The van der Waals surface area contributed by atoms with Crippen LogP contribution in [0, 0.1) is 13.8 Å². The van der Waals surface area contributed by atoms with Gasteiger partial charge in [-0.3, -0.25) is 9.78 Å². The highest BCUT2D eigenvalue weighted by Gasteiger charge is 2.11. The fourth-order valence-corrected chi connectivity index (χ4v) is 3.07. The van der Waals surface area contributed by atoms with Crippen LogP contribution in [0.5, 0.6) is 11.6 Å². The molecule has 2 aromatic heterocycles. The SMILES string of the molecule is Cc1ccc(C(N)=O)cc1-c1ccc2c(Oc3cccnc3C)nncc2c1. The van der Waals surface area contributed by atoms with Gasteiger partial charge in [0.25, 0.3) is 0 Å². The van der Waals surface area contributed by atoms with E-state index in [0.29, 0.717) is 17.2 Å². The largest absolute Gasteiger partial charge is 0.435 e. The lowest BCUT2D eigenvalue weighted by Crippen LogP contribution is -2.10. The molecule has 1 amide bonds. The molecule has 2 N–H and O–H groups in total. The molecular formula is C22H18N4O2. The Morgan fingerprint density at radius 2 is 1.93 bits per heavy atom. The molecule has 0 unspecified atom stereocenters. The van der Waals surface area contributed by atoms with Crippen LogP contribution < -0.4 is 10.5 Å². The molecule has 138 valence electrons. The van der Waals surface area contributed by atoms with E-state index in [-0.39, 0.29) is 0 Å². The predicted octanol–water partition coefficient (Wildman–Crippen LogP) is 4.20. The van der Waals surface area contributed by atoms with Crippen molar-refractivity contribution in [1.82, 2.24) is 15.2 Å². The van der Waals surface area contributed by atoms with Crippen molar-refractivity contribution < 1.29 is 9.53 Å². The number of hydrogen-bond acceptors (Lipinski definition) is 5. The van der Waals surface area contributed by atoms with Crippen molar-refractivity contribution in [2.75, 3.05) is 0 Å². The van der Waals surface area contributed by atoms with Gasteiger partial charge in [0, 0.05) is 22.5 Å². The Morgan fingerprint density at radius 3 is 2.71 bits per heavy atom. The molecule has 0 saturated heterocycles. The van der Waals surface area contributed by atoms with Crippen LogP contribution in [0.15, 0.2) is 60.9 Å². The maximum absolute atomic E-state index is 11.5. The van der Waals surface area contributed by atoms with Gasteiger partial charge in [-0.1, -0.05) is 12.1 Å². The minimum Gasteiger partial charge on any atom is -0.435 e. The number of pyridine rings is 1. The van der Waals surface area contributed by atoms with E-state index >= 15 is 0 Å². The van der Waals surface area contributed by atoms with Gasteiger partial charge < -0.3 is 10.5 Å². The average molecular weight is 370 g/mol. The number of amides is 1. The lowest BCUT2D eigenvalue weighted by atomic mass is 9.96. The van der Waals surface area contributed by atoms with Crippen molar-refractivity contribution in [2.45, 2.75) is 13.8 Å². The Morgan fingerprint density at radius 1 is 1.07 bits per heavy atom. The summed E-state index contributed by atoms with van der Waals surface area (Å²) in [6.07, 6.45) is 3.40. The van der Waals surface area contributed by atoms with Gasteiger partial charge >= 0.3 is 0 Å². The number of rotatable bonds is 4. The summed E-state index contributed by atoms with van der Waals surface area (Å²) in [5, 5.41) is 9.93. The number of aryl methyl sites for hydroxylation is 2. The van der Waals surface area contributed by atoms with Crippen LogP contribution in [0.4, 0.5) is 0 Å². The predicted molar refractivity (Wildman–Crippen MR) is 107 cm³/mol. The number of carbonyl (C=O) groups is 1. The van der Waals surface area contributed by atoms with Gasteiger partial charge in [-0.15, -0.1) is 5.10 Å². The Balaban J connectivity index is 1.78. The van der Waals surface area contributed by atoms with Gasteiger partial charge in [0.1, 0.15) is 0 Å². The first-order valence-electron chi connectivity index (χ1n) is 8.78. The second-order valence-corrected chi connectivity index (χ2v) is 6.53. The first-order chi connectivity index (χ1) is 13.5. The molecule has 0 spiro atoms. The molecule has 0 aliphatic carbocycles. The molecule has 0 atom stereocenters. The molecule has 0 radical (unpaired) electrons. The highest BCUT2D eigenvalue weighted by molar-refractivity contribution is 5.95. The van der Waals surface area contributed by atoms with E-state index in [1.165, 1.54) is 0 Å². The Hall–Kier alpha value is -3.80. The zero-order chi connectivity index (χ0) is 19.7. The van der Waals surface area contributed by atoms with Crippen LogP contribution in [0.3, 0.4) is 0 Å². The Kier molecular flexibility index (Phi) is 4.45. The number of fused-ring (bicyclic) bond motifs is 1. The Labute approximate surface area is 162 Å². The third-order valence-corrected chi connectivity index (χ3v) is 4.63. The van der Waals surface area contributed by atoms with Crippen LogP contribution >= 0.6 is 0 Å². The van der Waals surface area contributed by atoms with E-state index in [1.54, 1.807) is 18.5 Å². The number of aromatic nitrogens is 3. The maximum Gasteiger partial charge on any atom is 0.248 e. The van der Waals surface area contributed by atoms with Gasteiger partial charge in [-0.25, -0.2) is 0 Å². The summed E-state index contributed by atoms with van der Waals surface area (Å²) in [6.45, 7) is 3.87. The number of benzene rings is 2. The van der Waals surface area contributed by atoms with Gasteiger partial charge in [-0.05, 0) is 66.9 Å². The highest BCUT2D eigenvalue weighted by Crippen LogP contribution is 2.32. The molecule has 6 heteroatoms. The molecule has 0 saturated carbocycles. The fourth-order valence-electron chi connectivity index (χ4n) is 3.07. The number of ether oxygens (including phenoxy) is 1. The van der Waals surface area contributed by atoms with Crippen LogP contribution in [-0.4, -0.2) is 21.1 Å². The molecule has 6 nitrogen and oxygen atoms in total. The molecular weight excluding hydrogens is 352 g/mol. The number of nitrogens with two attached hydrogens (primary N) is 1. The highest BCUT2D eigenvalue weighted by atomic mass is 16.5. The van der Waals surface area contributed by atoms with Gasteiger partial charge in [0.05, 0.1) is 11.9 Å². The van der Waals surface area contributed by atoms with E-state index in [9.17, 15) is 4.79 Å². The van der Waals surface area contributed by atoms with E-state index in [1.807, 2.05) is 56.3 Å². The van der Waals surface area contributed by atoms with E-state index in [0.717, 1.165) is 33.2 Å². The fraction of sp³-hybridized carbons (Fsp3) is 0.0909. The second kappa shape index (κ2) is 7.08. The van der Waals surface area contributed by atoms with Crippen LogP contribution in [0.25, 0.3) is 21.9 Å². The quantitative estimate of drug-likeness (QED) is 0.581. The van der Waals surface area contributed by atoms with Gasteiger partial charge in [-0.2, -0.15) is 5.10 Å². The van der Waals surface area contributed by atoms with Gasteiger partial charge in [0.15, 0.2) is 5.75 Å². The second-order valence-electron chi connectivity index (χ2n) is 6.53. The third kappa shape index (κ3) is 3.27. The summed E-state index contributed by atoms with van der Waals surface area (Å²) in [6, 6.07) is 15.0. The molecule has 2 aromatic carbocycles. The lowest BCUT2D eigenvalue weighted by Gasteiger charge is -2.11. The van der Waals surface area contributed by atoms with E-state index in [4.69, 9.17) is 10.5 Å². The van der Waals surface area contributed by atoms with Crippen LogP contribution in [-0.2, 0) is 0 Å². The first kappa shape index (κ1) is 17.6. The molecule has 0 bridgehead atoms. The van der Waals surface area contributed by atoms with E-state index < -0.39 is 5.91 Å². The standard InChI is InChI=1S/C22H18N4O2/c1-13-5-6-16(21(23)27)11-19(13)15-7-8-18-17(10-15)12-25-26-22(18)28-20-4-3-9-24-14(20)2/h3-12H,1-2H3,(H2,23,27). The van der Waals surface area contributed by atoms with Crippen molar-refractivity contribution >= 4 is 16.7 Å². The van der Waals surface area contributed by atoms with Crippen molar-refractivity contribution in [3.8, 4) is 22.8 Å². The molecule has 4 rings (SSSR count). The molecule has 28 heavy (non-hydrogen) atoms. The lowest BCUT2D eigenvalue weighted by molar-refractivity contribution is 0.100. The van der Waals surface area contributed by atoms with Crippen molar-refractivity contribution in [2.24, 2.45) is 5.73 Å². The number of hydrogen-bond donors (Lipinski definition) is 1. The summed E-state index contributed by atoms with van der Waals surface area (Å²) < 4.78 is 5.95. The summed E-state index contributed by atoms with van der Waals surface area (Å²) >= 11 is 0. The van der Waals surface area contributed by atoms with Crippen LogP contribution in [0.1, 0.15) is 21.6 Å².